The SMILES string of the molecule is CCOc1ccc(CC(=O)NCC(C)(O)Cc2ccc(OC)cc2)cc1. The van der Waals surface area contributed by atoms with Crippen LogP contribution < -0.4 is 14.8 Å². The summed E-state index contributed by atoms with van der Waals surface area (Å²) >= 11 is 0. The van der Waals surface area contributed by atoms with Crippen molar-refractivity contribution in [1.82, 2.24) is 5.32 Å². The van der Waals surface area contributed by atoms with Crippen LogP contribution in [0.15, 0.2) is 48.5 Å². The number of ether oxygens (including phenoxy) is 2. The second kappa shape index (κ2) is 9.25. The Balaban J connectivity index is 1.82. The van der Waals surface area contributed by atoms with Crippen LogP contribution in [0.5, 0.6) is 11.5 Å². The fourth-order valence-electron chi connectivity index (χ4n) is 2.65. The van der Waals surface area contributed by atoms with Crippen molar-refractivity contribution < 1.29 is 19.4 Å². The van der Waals surface area contributed by atoms with Crippen LogP contribution in [-0.4, -0.2) is 36.9 Å². The van der Waals surface area contributed by atoms with Crippen LogP contribution in [0.25, 0.3) is 0 Å². The maximum Gasteiger partial charge on any atom is 0.224 e. The molecule has 140 valence electrons. The number of aliphatic hydroxyl groups is 1. The minimum absolute atomic E-state index is 0.121. The molecular formula is C21H27NO4. The van der Waals surface area contributed by atoms with E-state index in [1.54, 1.807) is 14.0 Å². The lowest BCUT2D eigenvalue weighted by molar-refractivity contribution is -0.121. The van der Waals surface area contributed by atoms with Gasteiger partial charge in [0.2, 0.25) is 5.91 Å². The topological polar surface area (TPSA) is 67.8 Å². The van der Waals surface area contributed by atoms with E-state index in [1.807, 2.05) is 55.5 Å². The third-order valence-electron chi connectivity index (χ3n) is 4.01. The van der Waals surface area contributed by atoms with Gasteiger partial charge in [-0.15, -0.1) is 0 Å². The molecule has 2 aromatic rings. The molecule has 5 heteroatoms. The zero-order valence-electron chi connectivity index (χ0n) is 15.6. The van der Waals surface area contributed by atoms with E-state index < -0.39 is 5.60 Å². The van der Waals surface area contributed by atoms with Gasteiger partial charge in [0.05, 0.1) is 25.7 Å². The molecule has 0 fully saturated rings. The second-order valence-corrected chi connectivity index (χ2v) is 6.55. The van der Waals surface area contributed by atoms with E-state index in [0.29, 0.717) is 13.0 Å². The lowest BCUT2D eigenvalue weighted by Crippen LogP contribution is -2.42. The predicted octanol–water partition coefficient (Wildman–Crippen LogP) is 2.75. The van der Waals surface area contributed by atoms with Crippen LogP contribution in [-0.2, 0) is 17.6 Å². The van der Waals surface area contributed by atoms with E-state index in [-0.39, 0.29) is 18.9 Å². The third-order valence-corrected chi connectivity index (χ3v) is 4.01. The average Bonchev–Trinajstić information content (AvgIpc) is 2.62. The Morgan fingerprint density at radius 1 is 1.04 bits per heavy atom. The maximum absolute atomic E-state index is 12.1. The fraction of sp³-hybridized carbons (Fsp3) is 0.381. The monoisotopic (exact) mass is 357 g/mol. The first kappa shape index (κ1) is 19.8. The number of benzene rings is 2. The maximum atomic E-state index is 12.1. The Hall–Kier alpha value is -2.53. The van der Waals surface area contributed by atoms with Crippen LogP contribution in [0.4, 0.5) is 0 Å². The van der Waals surface area contributed by atoms with Crippen molar-refractivity contribution in [3.05, 3.63) is 59.7 Å². The van der Waals surface area contributed by atoms with Gasteiger partial charge >= 0.3 is 0 Å². The summed E-state index contributed by atoms with van der Waals surface area (Å²) in [6.45, 7) is 4.45. The summed E-state index contributed by atoms with van der Waals surface area (Å²) < 4.78 is 10.5. The molecule has 0 spiro atoms. The number of nitrogens with one attached hydrogen (secondary N) is 1. The van der Waals surface area contributed by atoms with Crippen LogP contribution in [0.3, 0.4) is 0 Å². The molecule has 0 bridgehead atoms. The van der Waals surface area contributed by atoms with Gasteiger partial charge in [-0.05, 0) is 49.2 Å². The van der Waals surface area contributed by atoms with Crippen LogP contribution >= 0.6 is 0 Å². The molecular weight excluding hydrogens is 330 g/mol. The average molecular weight is 357 g/mol. The van der Waals surface area contributed by atoms with Crippen LogP contribution in [0, 0.1) is 0 Å². The predicted molar refractivity (Wildman–Crippen MR) is 102 cm³/mol. The highest BCUT2D eigenvalue weighted by molar-refractivity contribution is 5.78. The number of carbonyl (C=O) groups excluding carboxylic acids is 1. The summed E-state index contributed by atoms with van der Waals surface area (Å²) in [5.41, 5.74) is 0.862. The molecule has 2 N–H and O–H groups in total. The Morgan fingerprint density at radius 3 is 2.19 bits per heavy atom. The molecule has 26 heavy (non-hydrogen) atoms. The Bertz CT molecular complexity index is 693. The van der Waals surface area contributed by atoms with E-state index in [0.717, 1.165) is 22.6 Å². The first-order valence-corrected chi connectivity index (χ1v) is 8.75. The number of rotatable bonds is 9. The van der Waals surface area contributed by atoms with Crippen LogP contribution in [0.2, 0.25) is 0 Å². The Morgan fingerprint density at radius 2 is 1.62 bits per heavy atom. The lowest BCUT2D eigenvalue weighted by Gasteiger charge is -2.24. The number of hydrogen-bond acceptors (Lipinski definition) is 4. The molecule has 0 aliphatic carbocycles. The van der Waals surface area contributed by atoms with Crippen molar-refractivity contribution >= 4 is 5.91 Å². The fourth-order valence-corrected chi connectivity index (χ4v) is 2.65. The van der Waals surface area contributed by atoms with Crippen molar-refractivity contribution in [2.75, 3.05) is 20.3 Å². The summed E-state index contributed by atoms with van der Waals surface area (Å²) in [4.78, 5) is 12.1. The van der Waals surface area contributed by atoms with Crippen molar-refractivity contribution in [3.63, 3.8) is 0 Å². The van der Waals surface area contributed by atoms with Gasteiger partial charge in [-0.25, -0.2) is 0 Å². The van der Waals surface area contributed by atoms with E-state index >= 15 is 0 Å². The molecule has 0 heterocycles. The molecule has 0 aromatic heterocycles. The summed E-state index contributed by atoms with van der Waals surface area (Å²) in [6, 6.07) is 15.0. The van der Waals surface area contributed by atoms with E-state index in [4.69, 9.17) is 9.47 Å². The molecule has 1 amide bonds. The highest BCUT2D eigenvalue weighted by Crippen LogP contribution is 2.17. The standard InChI is InChI=1S/C21H27NO4/c1-4-26-19-11-5-16(6-12-19)13-20(23)22-15-21(2,24)14-17-7-9-18(25-3)10-8-17/h5-12,24H,4,13-15H2,1-3H3,(H,22,23). The van der Waals surface area contributed by atoms with Crippen LogP contribution in [0.1, 0.15) is 25.0 Å². The van der Waals surface area contributed by atoms with Gasteiger partial charge < -0.3 is 19.9 Å². The zero-order chi connectivity index (χ0) is 19.0. The minimum Gasteiger partial charge on any atom is -0.497 e. The highest BCUT2D eigenvalue weighted by atomic mass is 16.5. The number of hydrogen-bond donors (Lipinski definition) is 2. The van der Waals surface area contributed by atoms with Gasteiger partial charge in [0.25, 0.3) is 0 Å². The minimum atomic E-state index is -1.02. The molecule has 1 atom stereocenters. The molecule has 5 nitrogen and oxygen atoms in total. The molecule has 0 saturated carbocycles. The Labute approximate surface area is 155 Å². The van der Waals surface area contributed by atoms with Crippen molar-refractivity contribution in [1.29, 1.82) is 0 Å². The van der Waals surface area contributed by atoms with Gasteiger partial charge in [-0.3, -0.25) is 4.79 Å². The third kappa shape index (κ3) is 6.41. The summed E-state index contributed by atoms with van der Waals surface area (Å²) in [7, 11) is 1.62. The summed E-state index contributed by atoms with van der Waals surface area (Å²) in [6.07, 6.45) is 0.714. The molecule has 0 aliphatic heterocycles. The summed E-state index contributed by atoms with van der Waals surface area (Å²) in [5, 5.41) is 13.4. The smallest absolute Gasteiger partial charge is 0.224 e. The zero-order valence-corrected chi connectivity index (χ0v) is 15.6. The van der Waals surface area contributed by atoms with Crippen molar-refractivity contribution in [2.45, 2.75) is 32.3 Å². The molecule has 2 aromatic carbocycles. The quantitative estimate of drug-likeness (QED) is 0.724. The summed E-state index contributed by atoms with van der Waals surface area (Å²) in [5.74, 6) is 1.44. The molecule has 1 unspecified atom stereocenters. The lowest BCUT2D eigenvalue weighted by atomic mass is 9.96. The molecule has 2 rings (SSSR count). The van der Waals surface area contributed by atoms with Crippen molar-refractivity contribution in [3.8, 4) is 11.5 Å². The first-order valence-electron chi connectivity index (χ1n) is 8.75. The number of methoxy groups -OCH3 is 1. The molecule has 0 saturated heterocycles. The number of carbonyl (C=O) groups is 1. The van der Waals surface area contributed by atoms with Gasteiger partial charge in [-0.1, -0.05) is 24.3 Å². The van der Waals surface area contributed by atoms with Gasteiger partial charge in [0.1, 0.15) is 11.5 Å². The normalized spacial score (nSPS) is 12.9. The van der Waals surface area contributed by atoms with E-state index in [9.17, 15) is 9.90 Å². The van der Waals surface area contributed by atoms with E-state index in [2.05, 4.69) is 5.32 Å². The second-order valence-electron chi connectivity index (χ2n) is 6.55. The first-order chi connectivity index (χ1) is 12.4. The van der Waals surface area contributed by atoms with Gasteiger partial charge in [0.15, 0.2) is 0 Å². The van der Waals surface area contributed by atoms with Crippen molar-refractivity contribution in [2.24, 2.45) is 0 Å². The van der Waals surface area contributed by atoms with Gasteiger partial charge in [0, 0.05) is 13.0 Å². The van der Waals surface area contributed by atoms with E-state index in [1.165, 1.54) is 0 Å². The number of amides is 1. The van der Waals surface area contributed by atoms with Gasteiger partial charge in [-0.2, -0.15) is 0 Å². The Kier molecular flexibility index (Phi) is 7.04. The largest absolute Gasteiger partial charge is 0.497 e. The molecule has 0 aliphatic rings. The highest BCUT2D eigenvalue weighted by Gasteiger charge is 2.22. The molecule has 0 radical (unpaired) electrons.